The van der Waals surface area contributed by atoms with Gasteiger partial charge in [0.05, 0.1) is 32.5 Å². The van der Waals surface area contributed by atoms with Crippen LogP contribution in [-0.2, 0) is 26.1 Å². The average molecular weight is 439 g/mol. The largest absolute Gasteiger partial charge is 0.462 e. The number of nitrogens with one attached hydrogen (secondary N) is 2. The van der Waals surface area contributed by atoms with Crippen molar-refractivity contribution in [2.45, 2.75) is 19.9 Å². The number of hydrogen-bond acceptors (Lipinski definition) is 10. The second-order valence-corrected chi connectivity index (χ2v) is 7.97. The van der Waals surface area contributed by atoms with Gasteiger partial charge in [0, 0.05) is 13.0 Å². The number of oxazole rings is 1. The molecular weight excluding hydrogens is 414 g/mol. The average Bonchev–Trinajstić information content (AvgIpc) is 3.20. The molecule has 0 radical (unpaired) electrons. The maximum absolute atomic E-state index is 12.3. The molecule has 2 rings (SSSR count). The fourth-order valence-corrected chi connectivity index (χ4v) is 3.69. The molecule has 0 saturated carbocycles. The Labute approximate surface area is 175 Å². The number of ether oxygens (including phenoxy) is 2. The van der Waals surface area contributed by atoms with E-state index in [9.17, 15) is 13.2 Å². The summed E-state index contributed by atoms with van der Waals surface area (Å²) in [6.07, 6.45) is 7.43. The first kappa shape index (κ1) is 23.2. The van der Waals surface area contributed by atoms with Gasteiger partial charge in [-0.3, -0.25) is 9.71 Å². The maximum atomic E-state index is 12.3. The second kappa shape index (κ2) is 10.7. The predicted octanol–water partition coefficient (Wildman–Crippen LogP) is -0.166. The lowest BCUT2D eigenvalue weighted by molar-refractivity contribution is -0.137. The van der Waals surface area contributed by atoms with Gasteiger partial charge in [0.15, 0.2) is 10.7 Å². The molecule has 0 spiro atoms. The van der Waals surface area contributed by atoms with Crippen LogP contribution in [0.25, 0.3) is 0 Å². The Morgan fingerprint density at radius 1 is 1.47 bits per heavy atom. The van der Waals surface area contributed by atoms with Crippen LogP contribution < -0.4 is 14.8 Å². The molecule has 0 atom stereocenters. The number of esters is 1. The SMILES string of the molecule is C#CCNC1=C(C(=O)OCC)S(=O)(=O)NC1=NCCCOc1ncc(CN(C)C)o1. The van der Waals surface area contributed by atoms with Crippen molar-refractivity contribution in [3.05, 3.63) is 22.6 Å². The lowest BCUT2D eigenvalue weighted by atomic mass is 10.3. The zero-order valence-electron chi connectivity index (χ0n) is 17.1. The number of hydrogen-bond donors (Lipinski definition) is 2. The van der Waals surface area contributed by atoms with Crippen LogP contribution in [-0.4, -0.2) is 70.5 Å². The Bertz CT molecular complexity index is 958. The zero-order valence-corrected chi connectivity index (χ0v) is 17.9. The Kier molecular flexibility index (Phi) is 8.25. The van der Waals surface area contributed by atoms with Crippen molar-refractivity contribution in [1.29, 1.82) is 0 Å². The molecule has 0 aromatic carbocycles. The first-order valence-corrected chi connectivity index (χ1v) is 10.7. The topological polar surface area (TPSA) is 135 Å². The van der Waals surface area contributed by atoms with Crippen LogP contribution in [0.2, 0.25) is 0 Å². The van der Waals surface area contributed by atoms with Gasteiger partial charge in [0.1, 0.15) is 11.5 Å². The number of amidine groups is 1. The molecule has 2 heterocycles. The molecule has 1 aromatic heterocycles. The van der Waals surface area contributed by atoms with Crippen molar-refractivity contribution >= 4 is 21.8 Å². The van der Waals surface area contributed by atoms with Gasteiger partial charge in [0.2, 0.25) is 0 Å². The third kappa shape index (κ3) is 6.23. The fraction of sp³-hybridized carbons (Fsp3) is 0.500. The first-order chi connectivity index (χ1) is 14.3. The van der Waals surface area contributed by atoms with E-state index >= 15 is 0 Å². The Morgan fingerprint density at radius 3 is 2.90 bits per heavy atom. The monoisotopic (exact) mass is 439 g/mol. The Hall–Kier alpha value is -3.04. The van der Waals surface area contributed by atoms with E-state index < -0.39 is 20.9 Å². The molecule has 1 aliphatic heterocycles. The van der Waals surface area contributed by atoms with Gasteiger partial charge in [-0.1, -0.05) is 5.92 Å². The van der Waals surface area contributed by atoms with E-state index in [1.54, 1.807) is 13.1 Å². The molecule has 164 valence electrons. The van der Waals surface area contributed by atoms with E-state index in [1.165, 1.54) is 0 Å². The van der Waals surface area contributed by atoms with E-state index in [0.717, 1.165) is 0 Å². The molecule has 0 aliphatic carbocycles. The predicted molar refractivity (Wildman–Crippen MR) is 109 cm³/mol. The highest BCUT2D eigenvalue weighted by Gasteiger charge is 2.39. The summed E-state index contributed by atoms with van der Waals surface area (Å²) in [4.78, 5) is 21.7. The summed E-state index contributed by atoms with van der Waals surface area (Å²) >= 11 is 0. The first-order valence-electron chi connectivity index (χ1n) is 9.17. The highest BCUT2D eigenvalue weighted by atomic mass is 32.2. The summed E-state index contributed by atoms with van der Waals surface area (Å²) in [7, 11) is -0.276. The van der Waals surface area contributed by atoms with Gasteiger partial charge in [-0.2, -0.15) is 4.98 Å². The molecule has 1 aliphatic rings. The van der Waals surface area contributed by atoms with Crippen LogP contribution >= 0.6 is 0 Å². The highest BCUT2D eigenvalue weighted by Crippen LogP contribution is 2.20. The summed E-state index contributed by atoms with van der Waals surface area (Å²) in [6, 6.07) is 0. The fourth-order valence-electron chi connectivity index (χ4n) is 2.45. The van der Waals surface area contributed by atoms with Crippen LogP contribution in [0, 0.1) is 12.3 Å². The lowest BCUT2D eigenvalue weighted by Gasteiger charge is -2.06. The summed E-state index contributed by atoms with van der Waals surface area (Å²) < 4.78 is 42.6. The smallest absolute Gasteiger partial charge is 0.393 e. The maximum Gasteiger partial charge on any atom is 0.393 e. The molecular formula is C18H25N5O6S. The van der Waals surface area contributed by atoms with Crippen molar-refractivity contribution in [2.24, 2.45) is 4.99 Å². The molecule has 0 unspecified atom stereocenters. The normalized spacial score (nSPS) is 16.4. The van der Waals surface area contributed by atoms with Crippen LogP contribution in [0.4, 0.5) is 0 Å². The molecule has 1 aromatic rings. The van der Waals surface area contributed by atoms with E-state index in [0.29, 0.717) is 18.7 Å². The van der Waals surface area contributed by atoms with Crippen molar-refractivity contribution in [1.82, 2.24) is 19.9 Å². The highest BCUT2D eigenvalue weighted by molar-refractivity contribution is 7.95. The molecule has 0 amide bonds. The van der Waals surface area contributed by atoms with Crippen LogP contribution in [0.3, 0.4) is 0 Å². The third-order valence-electron chi connectivity index (χ3n) is 3.59. The quantitative estimate of drug-likeness (QED) is 0.274. The lowest BCUT2D eigenvalue weighted by Crippen LogP contribution is -2.28. The van der Waals surface area contributed by atoms with Crippen LogP contribution in [0.1, 0.15) is 19.1 Å². The van der Waals surface area contributed by atoms with E-state index in [4.69, 9.17) is 20.3 Å². The van der Waals surface area contributed by atoms with Gasteiger partial charge in [0.25, 0.3) is 10.0 Å². The minimum absolute atomic E-state index is 0.00213. The van der Waals surface area contributed by atoms with Gasteiger partial charge in [-0.15, -0.1) is 6.42 Å². The number of nitrogens with zero attached hydrogens (tertiary/aromatic N) is 3. The number of carbonyl (C=O) groups is 1. The Balaban J connectivity index is 2.00. The summed E-state index contributed by atoms with van der Waals surface area (Å²) in [5.41, 5.74) is -0.00616. The number of aliphatic imine (C=N–C) groups is 1. The van der Waals surface area contributed by atoms with Gasteiger partial charge in [-0.05, 0) is 21.0 Å². The molecule has 11 nitrogen and oxygen atoms in total. The minimum atomic E-state index is -4.10. The molecule has 12 heteroatoms. The number of aromatic nitrogens is 1. The van der Waals surface area contributed by atoms with E-state index in [2.05, 4.69) is 25.9 Å². The van der Waals surface area contributed by atoms with Crippen molar-refractivity contribution in [3.63, 3.8) is 0 Å². The van der Waals surface area contributed by atoms with Gasteiger partial charge < -0.3 is 24.1 Å². The molecule has 0 bridgehead atoms. The van der Waals surface area contributed by atoms with E-state index in [1.807, 2.05) is 19.0 Å². The molecule has 2 N–H and O–H groups in total. The number of carbonyl (C=O) groups excluding carboxylic acids is 1. The summed E-state index contributed by atoms with van der Waals surface area (Å²) in [5, 5.41) is 2.72. The standard InChI is InChI=1S/C18H25N5O6S/c1-5-8-19-14-15(17(24)27-6-2)30(25,26)22-16(14)20-9-7-10-28-18-21-11-13(29-18)12-23(3)4/h1,11,19H,6-10,12H2,2-4H3,(H,20,22). The second-order valence-electron chi connectivity index (χ2n) is 6.35. The van der Waals surface area contributed by atoms with Crippen LogP contribution in [0.15, 0.2) is 26.2 Å². The minimum Gasteiger partial charge on any atom is -0.462 e. The molecule has 0 saturated heterocycles. The molecule has 0 fully saturated rings. The van der Waals surface area contributed by atoms with Gasteiger partial charge >= 0.3 is 12.0 Å². The van der Waals surface area contributed by atoms with Crippen molar-refractivity contribution < 1.29 is 27.1 Å². The summed E-state index contributed by atoms with van der Waals surface area (Å²) in [5.74, 6) is 2.03. The number of terminal acetylenes is 1. The summed E-state index contributed by atoms with van der Waals surface area (Å²) in [6.45, 7) is 2.70. The molecule has 30 heavy (non-hydrogen) atoms. The van der Waals surface area contributed by atoms with Crippen molar-refractivity contribution in [3.8, 4) is 18.4 Å². The number of rotatable bonds is 11. The van der Waals surface area contributed by atoms with Crippen molar-refractivity contribution in [2.75, 3.05) is 40.4 Å². The Morgan fingerprint density at radius 2 is 2.23 bits per heavy atom. The van der Waals surface area contributed by atoms with Crippen LogP contribution in [0.5, 0.6) is 6.08 Å². The number of sulfonamides is 1. The van der Waals surface area contributed by atoms with Gasteiger partial charge in [-0.25, -0.2) is 13.2 Å². The van der Waals surface area contributed by atoms with E-state index in [-0.39, 0.29) is 43.9 Å². The zero-order chi connectivity index (χ0) is 22.1. The third-order valence-corrected chi connectivity index (χ3v) is 4.96.